The maximum atomic E-state index is 6.19. The predicted octanol–water partition coefficient (Wildman–Crippen LogP) is 6.61. The zero-order valence-corrected chi connectivity index (χ0v) is 22.4. The van der Waals surface area contributed by atoms with Gasteiger partial charge in [-0.15, -0.1) is 10.2 Å². The zero-order valence-electron chi connectivity index (χ0n) is 22.4. The Hall–Kier alpha value is -4.85. The molecular formula is C31H29N7O. The third-order valence-electron chi connectivity index (χ3n) is 6.88. The first-order valence-electron chi connectivity index (χ1n) is 13.0. The maximum absolute atomic E-state index is 6.19. The van der Waals surface area contributed by atoms with Crippen molar-refractivity contribution < 1.29 is 4.74 Å². The highest BCUT2D eigenvalue weighted by Crippen LogP contribution is 2.38. The Morgan fingerprint density at radius 1 is 0.846 bits per heavy atom. The molecule has 6 aromatic rings. The molecule has 3 heterocycles. The van der Waals surface area contributed by atoms with Crippen molar-refractivity contribution in [1.29, 1.82) is 0 Å². The third-order valence-corrected chi connectivity index (χ3v) is 6.88. The molecule has 3 aromatic heterocycles. The summed E-state index contributed by atoms with van der Waals surface area (Å²) in [6, 6.07) is 24.5. The Balaban J connectivity index is 1.38. The van der Waals surface area contributed by atoms with E-state index in [1.54, 1.807) is 0 Å². The van der Waals surface area contributed by atoms with Gasteiger partial charge in [-0.05, 0) is 84.1 Å². The van der Waals surface area contributed by atoms with Gasteiger partial charge in [0.2, 0.25) is 5.82 Å². The molecule has 0 radical (unpaired) electrons. The van der Waals surface area contributed by atoms with Crippen LogP contribution >= 0.6 is 0 Å². The number of aryl methyl sites for hydroxylation is 4. The Morgan fingerprint density at radius 2 is 1.64 bits per heavy atom. The van der Waals surface area contributed by atoms with Crippen molar-refractivity contribution in [3.05, 3.63) is 101 Å². The van der Waals surface area contributed by atoms with Crippen LogP contribution in [0.3, 0.4) is 0 Å². The van der Waals surface area contributed by atoms with Gasteiger partial charge in [0.1, 0.15) is 22.8 Å². The third kappa shape index (κ3) is 4.77. The van der Waals surface area contributed by atoms with Crippen LogP contribution in [0.1, 0.15) is 35.1 Å². The van der Waals surface area contributed by atoms with E-state index in [1.807, 2.05) is 56.3 Å². The molecule has 0 amide bonds. The molecule has 0 aliphatic carbocycles. The maximum Gasteiger partial charge on any atom is 0.205 e. The highest BCUT2D eigenvalue weighted by molar-refractivity contribution is 5.84. The molecule has 0 atom stereocenters. The van der Waals surface area contributed by atoms with Crippen LogP contribution in [0.2, 0.25) is 0 Å². The molecule has 0 fully saturated rings. The van der Waals surface area contributed by atoms with Gasteiger partial charge in [0.25, 0.3) is 0 Å². The Kier molecular flexibility index (Phi) is 6.36. The van der Waals surface area contributed by atoms with E-state index >= 15 is 0 Å². The summed E-state index contributed by atoms with van der Waals surface area (Å²) in [6.45, 7) is 9.00. The van der Waals surface area contributed by atoms with Crippen LogP contribution in [0, 0.1) is 20.8 Å². The zero-order chi connectivity index (χ0) is 26.9. The lowest BCUT2D eigenvalue weighted by Gasteiger charge is -2.15. The fraction of sp³-hybridized carbons (Fsp3) is 0.194. The van der Waals surface area contributed by atoms with Crippen molar-refractivity contribution in [2.24, 2.45) is 0 Å². The summed E-state index contributed by atoms with van der Waals surface area (Å²) in [5, 5.41) is 14.9. The van der Waals surface area contributed by atoms with Gasteiger partial charge in [-0.25, -0.2) is 9.97 Å². The number of nitrogens with zero attached hydrogens (tertiary/aromatic N) is 6. The Bertz CT molecular complexity index is 1760. The van der Waals surface area contributed by atoms with Crippen LogP contribution in [0.4, 0.5) is 0 Å². The van der Waals surface area contributed by atoms with Crippen molar-refractivity contribution in [3.8, 4) is 34.0 Å². The van der Waals surface area contributed by atoms with Crippen molar-refractivity contribution in [1.82, 2.24) is 35.2 Å². The number of rotatable bonds is 7. The minimum absolute atomic E-state index is 0.548. The summed E-state index contributed by atoms with van der Waals surface area (Å²) in [5.41, 5.74) is 9.17. The first-order valence-corrected chi connectivity index (χ1v) is 13.0. The molecule has 1 N–H and O–H groups in total. The molecular weight excluding hydrogens is 486 g/mol. The van der Waals surface area contributed by atoms with Gasteiger partial charge in [-0.2, -0.15) is 5.21 Å². The summed E-state index contributed by atoms with van der Waals surface area (Å²) in [5.74, 6) is 3.12. The summed E-state index contributed by atoms with van der Waals surface area (Å²) in [6.07, 6.45) is 0.842. The van der Waals surface area contributed by atoms with Crippen molar-refractivity contribution in [3.63, 3.8) is 0 Å². The van der Waals surface area contributed by atoms with Crippen LogP contribution in [0.5, 0.6) is 11.5 Å². The number of aromatic nitrogens is 7. The molecule has 0 saturated heterocycles. The van der Waals surface area contributed by atoms with E-state index < -0.39 is 0 Å². The quantitative estimate of drug-likeness (QED) is 0.257. The van der Waals surface area contributed by atoms with Gasteiger partial charge < -0.3 is 9.30 Å². The minimum Gasteiger partial charge on any atom is -0.457 e. The SMILES string of the molecule is CCc1nc2c(C)cc(C)nc2n1Cc1ccc(-c2cc(Oc3ccccc3)cc(C)c2-c2nn[nH]n2)cc1. The number of ether oxygens (including phenoxy) is 1. The second-order valence-electron chi connectivity index (χ2n) is 9.73. The Labute approximate surface area is 226 Å². The van der Waals surface area contributed by atoms with Crippen LogP contribution in [-0.2, 0) is 13.0 Å². The normalized spacial score (nSPS) is 11.3. The predicted molar refractivity (Wildman–Crippen MR) is 152 cm³/mol. The molecule has 8 heteroatoms. The molecule has 0 saturated carbocycles. The smallest absolute Gasteiger partial charge is 0.205 e. The molecule has 3 aromatic carbocycles. The lowest BCUT2D eigenvalue weighted by Crippen LogP contribution is -2.05. The fourth-order valence-electron chi connectivity index (χ4n) is 5.09. The van der Waals surface area contributed by atoms with Crippen LogP contribution in [0.25, 0.3) is 33.7 Å². The molecule has 0 spiro atoms. The average molecular weight is 516 g/mol. The summed E-state index contributed by atoms with van der Waals surface area (Å²) in [4.78, 5) is 9.71. The van der Waals surface area contributed by atoms with Crippen LogP contribution in [0.15, 0.2) is 72.8 Å². The number of pyridine rings is 1. The first-order chi connectivity index (χ1) is 19.0. The molecule has 194 valence electrons. The molecule has 8 nitrogen and oxygen atoms in total. The lowest BCUT2D eigenvalue weighted by molar-refractivity contribution is 0.482. The largest absolute Gasteiger partial charge is 0.457 e. The minimum atomic E-state index is 0.548. The number of benzene rings is 3. The first kappa shape index (κ1) is 24.5. The van der Waals surface area contributed by atoms with Crippen molar-refractivity contribution in [2.75, 3.05) is 0 Å². The molecule has 0 aliphatic rings. The Morgan fingerprint density at radius 3 is 2.36 bits per heavy atom. The fourth-order valence-corrected chi connectivity index (χ4v) is 5.09. The van der Waals surface area contributed by atoms with Crippen LogP contribution < -0.4 is 4.74 Å². The van der Waals surface area contributed by atoms with Gasteiger partial charge in [-0.1, -0.05) is 49.4 Å². The molecule has 6 rings (SSSR count). The van der Waals surface area contributed by atoms with Crippen molar-refractivity contribution >= 4 is 11.2 Å². The van der Waals surface area contributed by atoms with E-state index in [-0.39, 0.29) is 0 Å². The number of tetrazole rings is 1. The highest BCUT2D eigenvalue weighted by atomic mass is 16.5. The standard InChI is InChI=1S/C31H29N7O/c1-5-27-33-29-20(3)15-21(4)32-31(29)38(27)18-22-11-13-23(14-12-22)26-17-25(39-24-9-7-6-8-10-24)16-19(2)28(26)30-34-36-37-35-30/h6-17H,5,18H2,1-4H3,(H,34,35,36,37). The van der Waals surface area contributed by atoms with E-state index in [1.165, 1.54) is 5.56 Å². The molecule has 0 bridgehead atoms. The number of hydrogen-bond acceptors (Lipinski definition) is 6. The van der Waals surface area contributed by atoms with E-state index in [0.717, 1.165) is 68.4 Å². The van der Waals surface area contributed by atoms with E-state index in [0.29, 0.717) is 12.4 Å². The highest BCUT2D eigenvalue weighted by Gasteiger charge is 2.18. The topological polar surface area (TPSA) is 94.4 Å². The second kappa shape index (κ2) is 10.1. The summed E-state index contributed by atoms with van der Waals surface area (Å²) in [7, 11) is 0. The van der Waals surface area contributed by atoms with Gasteiger partial charge in [0.05, 0.1) is 6.54 Å². The number of nitrogens with one attached hydrogen (secondary N) is 1. The summed E-state index contributed by atoms with van der Waals surface area (Å²) < 4.78 is 8.42. The van der Waals surface area contributed by atoms with Gasteiger partial charge in [0.15, 0.2) is 5.65 Å². The molecule has 0 aliphatic heterocycles. The number of H-pyrrole nitrogens is 1. The van der Waals surface area contributed by atoms with Crippen LogP contribution in [-0.4, -0.2) is 35.2 Å². The number of para-hydroxylation sites is 1. The van der Waals surface area contributed by atoms with Gasteiger partial charge in [0, 0.05) is 17.7 Å². The molecule has 39 heavy (non-hydrogen) atoms. The van der Waals surface area contributed by atoms with E-state index in [9.17, 15) is 0 Å². The number of fused-ring (bicyclic) bond motifs is 1. The van der Waals surface area contributed by atoms with E-state index in [2.05, 4.69) is 69.4 Å². The second-order valence-corrected chi connectivity index (χ2v) is 9.73. The average Bonchev–Trinajstić information content (AvgIpc) is 3.58. The van der Waals surface area contributed by atoms with Gasteiger partial charge >= 0.3 is 0 Å². The number of hydrogen-bond donors (Lipinski definition) is 1. The van der Waals surface area contributed by atoms with Crippen molar-refractivity contribution in [2.45, 2.75) is 40.7 Å². The van der Waals surface area contributed by atoms with Gasteiger partial charge in [-0.3, -0.25) is 0 Å². The number of aromatic amines is 1. The van der Waals surface area contributed by atoms with E-state index in [4.69, 9.17) is 14.7 Å². The summed E-state index contributed by atoms with van der Waals surface area (Å²) >= 11 is 0. The molecule has 0 unspecified atom stereocenters. The lowest BCUT2D eigenvalue weighted by atomic mass is 9.94. The number of imidazole rings is 1. The monoisotopic (exact) mass is 515 g/mol.